The molecule has 2 unspecified atom stereocenters. The van der Waals surface area contributed by atoms with Crippen LogP contribution in [0.4, 0.5) is 0 Å². The fourth-order valence-electron chi connectivity index (χ4n) is 2.05. The molecule has 1 aromatic rings. The van der Waals surface area contributed by atoms with Crippen LogP contribution in [0.25, 0.3) is 0 Å². The van der Waals surface area contributed by atoms with Gasteiger partial charge in [-0.15, -0.1) is 0 Å². The second-order valence-corrected chi connectivity index (χ2v) is 4.70. The van der Waals surface area contributed by atoms with Crippen molar-refractivity contribution < 1.29 is 9.53 Å². The summed E-state index contributed by atoms with van der Waals surface area (Å²) in [4.78, 5) is 11.9. The summed E-state index contributed by atoms with van der Waals surface area (Å²) in [7, 11) is 0. The molecule has 1 fully saturated rings. The Morgan fingerprint density at radius 1 is 1.33 bits per heavy atom. The van der Waals surface area contributed by atoms with Crippen molar-refractivity contribution in [2.45, 2.75) is 25.9 Å². The van der Waals surface area contributed by atoms with E-state index in [0.717, 1.165) is 12.0 Å². The van der Waals surface area contributed by atoms with Gasteiger partial charge < -0.3 is 15.8 Å². The number of aryl methyl sites for hydroxylation is 1. The largest absolute Gasteiger partial charge is 0.379 e. The molecule has 0 saturated carbocycles. The highest BCUT2D eigenvalue weighted by molar-refractivity contribution is 5.79. The topological polar surface area (TPSA) is 64.3 Å². The number of amides is 1. The Balaban J connectivity index is 1.85. The molecule has 0 bridgehead atoms. The van der Waals surface area contributed by atoms with E-state index in [0.29, 0.717) is 19.8 Å². The molecule has 1 aliphatic heterocycles. The first kappa shape index (κ1) is 13.1. The van der Waals surface area contributed by atoms with Crippen LogP contribution in [0.3, 0.4) is 0 Å². The molecule has 2 atom stereocenters. The monoisotopic (exact) mass is 248 g/mol. The molecule has 2 rings (SSSR count). The van der Waals surface area contributed by atoms with Crippen LogP contribution in [0.15, 0.2) is 24.3 Å². The molecule has 18 heavy (non-hydrogen) atoms. The number of nitrogens with two attached hydrogens (primary N) is 1. The third-order valence-corrected chi connectivity index (χ3v) is 3.36. The van der Waals surface area contributed by atoms with E-state index in [1.54, 1.807) is 0 Å². The first-order valence-electron chi connectivity index (χ1n) is 6.39. The van der Waals surface area contributed by atoms with E-state index in [2.05, 4.69) is 24.4 Å². The number of carbonyl (C=O) groups is 1. The first-order valence-corrected chi connectivity index (χ1v) is 6.39. The molecule has 0 radical (unpaired) electrons. The van der Waals surface area contributed by atoms with Gasteiger partial charge in [0.2, 0.25) is 5.91 Å². The van der Waals surface area contributed by atoms with Crippen LogP contribution in [0, 0.1) is 5.92 Å². The van der Waals surface area contributed by atoms with Crippen molar-refractivity contribution in [1.82, 2.24) is 5.32 Å². The molecule has 3 N–H and O–H groups in total. The van der Waals surface area contributed by atoms with Gasteiger partial charge in [0.25, 0.3) is 0 Å². The van der Waals surface area contributed by atoms with E-state index in [-0.39, 0.29) is 17.9 Å². The van der Waals surface area contributed by atoms with Gasteiger partial charge in [-0.3, -0.25) is 4.79 Å². The zero-order valence-electron chi connectivity index (χ0n) is 10.7. The average Bonchev–Trinajstić information content (AvgIpc) is 2.83. The van der Waals surface area contributed by atoms with E-state index >= 15 is 0 Å². The van der Waals surface area contributed by atoms with Crippen molar-refractivity contribution in [3.05, 3.63) is 35.4 Å². The number of benzene rings is 1. The predicted octanol–water partition coefficient (Wildman–Crippen LogP) is 0.839. The van der Waals surface area contributed by atoms with E-state index in [9.17, 15) is 4.79 Å². The minimum Gasteiger partial charge on any atom is -0.379 e. The standard InChI is InChI=1S/C14H20N2O2/c1-2-10-3-5-11(6-4-10)7-16-14(17)12-8-18-9-13(12)15/h3-6,12-13H,2,7-9,15H2,1H3,(H,16,17). The van der Waals surface area contributed by atoms with Crippen LogP contribution >= 0.6 is 0 Å². The lowest BCUT2D eigenvalue weighted by atomic mass is 10.0. The predicted molar refractivity (Wildman–Crippen MR) is 70.0 cm³/mol. The molecule has 1 amide bonds. The Bertz CT molecular complexity index is 403. The van der Waals surface area contributed by atoms with Gasteiger partial charge in [-0.1, -0.05) is 31.2 Å². The number of ether oxygens (including phenoxy) is 1. The summed E-state index contributed by atoms with van der Waals surface area (Å²) in [6, 6.07) is 8.10. The molecule has 1 aromatic carbocycles. The molecule has 0 aromatic heterocycles. The van der Waals surface area contributed by atoms with Gasteiger partial charge in [-0.2, -0.15) is 0 Å². The number of nitrogens with one attached hydrogen (secondary N) is 1. The minimum atomic E-state index is -0.208. The summed E-state index contributed by atoms with van der Waals surface area (Å²) in [5, 5.41) is 2.91. The number of hydrogen-bond acceptors (Lipinski definition) is 3. The van der Waals surface area contributed by atoms with Crippen LogP contribution in [0.2, 0.25) is 0 Å². The molecule has 0 aliphatic carbocycles. The second-order valence-electron chi connectivity index (χ2n) is 4.70. The van der Waals surface area contributed by atoms with Crippen molar-refractivity contribution in [1.29, 1.82) is 0 Å². The SMILES string of the molecule is CCc1ccc(CNC(=O)C2COCC2N)cc1. The maximum absolute atomic E-state index is 11.9. The number of carbonyl (C=O) groups excluding carboxylic acids is 1. The Morgan fingerprint density at radius 2 is 2.00 bits per heavy atom. The van der Waals surface area contributed by atoms with Crippen molar-refractivity contribution in [3.8, 4) is 0 Å². The van der Waals surface area contributed by atoms with E-state index in [1.165, 1.54) is 5.56 Å². The zero-order valence-corrected chi connectivity index (χ0v) is 10.7. The quantitative estimate of drug-likeness (QED) is 0.830. The molecule has 4 nitrogen and oxygen atoms in total. The highest BCUT2D eigenvalue weighted by Crippen LogP contribution is 2.12. The zero-order chi connectivity index (χ0) is 13.0. The molecule has 1 aliphatic rings. The lowest BCUT2D eigenvalue weighted by molar-refractivity contribution is -0.125. The fraction of sp³-hybridized carbons (Fsp3) is 0.500. The van der Waals surface area contributed by atoms with Crippen LogP contribution in [0.5, 0.6) is 0 Å². The second kappa shape index (κ2) is 5.98. The highest BCUT2D eigenvalue weighted by Gasteiger charge is 2.30. The summed E-state index contributed by atoms with van der Waals surface area (Å²) >= 11 is 0. The molecule has 0 spiro atoms. The summed E-state index contributed by atoms with van der Waals surface area (Å²) < 4.78 is 5.19. The Labute approximate surface area is 108 Å². The van der Waals surface area contributed by atoms with Gasteiger partial charge in [-0.25, -0.2) is 0 Å². The van der Waals surface area contributed by atoms with Gasteiger partial charge in [-0.05, 0) is 17.5 Å². The first-order chi connectivity index (χ1) is 8.70. The van der Waals surface area contributed by atoms with Crippen LogP contribution in [-0.4, -0.2) is 25.2 Å². The van der Waals surface area contributed by atoms with E-state index in [1.807, 2.05) is 12.1 Å². The normalized spacial score (nSPS) is 23.0. The fourth-order valence-corrected chi connectivity index (χ4v) is 2.05. The van der Waals surface area contributed by atoms with Crippen LogP contribution in [0.1, 0.15) is 18.1 Å². The number of hydrogen-bond donors (Lipinski definition) is 2. The van der Waals surface area contributed by atoms with E-state index in [4.69, 9.17) is 10.5 Å². The van der Waals surface area contributed by atoms with Gasteiger partial charge in [0.05, 0.1) is 19.1 Å². The van der Waals surface area contributed by atoms with Gasteiger partial charge in [0.1, 0.15) is 0 Å². The maximum Gasteiger partial charge on any atom is 0.227 e. The highest BCUT2D eigenvalue weighted by atomic mass is 16.5. The van der Waals surface area contributed by atoms with Crippen molar-refractivity contribution in [2.75, 3.05) is 13.2 Å². The minimum absolute atomic E-state index is 0.0143. The summed E-state index contributed by atoms with van der Waals surface area (Å²) in [6.07, 6.45) is 1.03. The molecular weight excluding hydrogens is 228 g/mol. The average molecular weight is 248 g/mol. The molecule has 98 valence electrons. The van der Waals surface area contributed by atoms with E-state index < -0.39 is 0 Å². The smallest absolute Gasteiger partial charge is 0.227 e. The third kappa shape index (κ3) is 3.09. The summed E-state index contributed by atoms with van der Waals surface area (Å²) in [5.74, 6) is -0.223. The maximum atomic E-state index is 11.9. The van der Waals surface area contributed by atoms with Crippen LogP contribution in [-0.2, 0) is 22.5 Å². The molecular formula is C14H20N2O2. The van der Waals surface area contributed by atoms with Gasteiger partial charge in [0, 0.05) is 12.6 Å². The van der Waals surface area contributed by atoms with Crippen molar-refractivity contribution in [2.24, 2.45) is 11.7 Å². The Morgan fingerprint density at radius 3 is 2.56 bits per heavy atom. The Kier molecular flexibility index (Phi) is 4.33. The molecule has 1 saturated heterocycles. The van der Waals surface area contributed by atoms with Crippen molar-refractivity contribution >= 4 is 5.91 Å². The molecule has 1 heterocycles. The van der Waals surface area contributed by atoms with Gasteiger partial charge in [0.15, 0.2) is 0 Å². The summed E-state index contributed by atoms with van der Waals surface area (Å²) in [5.41, 5.74) is 8.21. The molecule has 4 heteroatoms. The third-order valence-electron chi connectivity index (χ3n) is 3.36. The summed E-state index contributed by atoms with van der Waals surface area (Å²) in [6.45, 7) is 3.58. The van der Waals surface area contributed by atoms with Crippen molar-refractivity contribution in [3.63, 3.8) is 0 Å². The number of rotatable bonds is 4. The lowest BCUT2D eigenvalue weighted by Gasteiger charge is -2.13. The lowest BCUT2D eigenvalue weighted by Crippen LogP contribution is -2.40. The van der Waals surface area contributed by atoms with Crippen LogP contribution < -0.4 is 11.1 Å². The Hall–Kier alpha value is -1.39. The van der Waals surface area contributed by atoms with Gasteiger partial charge >= 0.3 is 0 Å².